The summed E-state index contributed by atoms with van der Waals surface area (Å²) < 4.78 is 11.5. The minimum Gasteiger partial charge on any atom is -0.490 e. The Morgan fingerprint density at radius 3 is 2.42 bits per heavy atom. The Hall–Kier alpha value is -2.16. The van der Waals surface area contributed by atoms with Crippen molar-refractivity contribution in [2.24, 2.45) is 0 Å². The predicted molar refractivity (Wildman–Crippen MR) is 77.9 cm³/mol. The highest BCUT2D eigenvalue weighted by molar-refractivity contribution is 5.56. The minimum absolute atomic E-state index is 0.630. The maximum absolute atomic E-state index is 5.95. The number of nitrogen functional groups attached to an aromatic ring is 1. The monoisotopic (exact) mass is 257 g/mol. The molecular weight excluding hydrogens is 238 g/mol. The average molecular weight is 257 g/mol. The molecular formula is C16H19NO2. The molecule has 0 heterocycles. The van der Waals surface area contributed by atoms with Crippen LogP contribution < -0.4 is 15.2 Å². The molecule has 0 bridgehead atoms. The van der Waals surface area contributed by atoms with Gasteiger partial charge in [0.15, 0.2) is 17.2 Å². The third-order valence-electron chi connectivity index (χ3n) is 2.70. The van der Waals surface area contributed by atoms with E-state index in [0.717, 1.165) is 17.7 Å². The van der Waals surface area contributed by atoms with Crippen LogP contribution in [-0.4, -0.2) is 6.61 Å². The first-order valence-electron chi connectivity index (χ1n) is 6.46. The highest BCUT2D eigenvalue weighted by Crippen LogP contribution is 2.34. The third-order valence-corrected chi connectivity index (χ3v) is 2.70. The van der Waals surface area contributed by atoms with Crippen LogP contribution in [0.3, 0.4) is 0 Å². The van der Waals surface area contributed by atoms with E-state index in [4.69, 9.17) is 15.2 Å². The molecule has 0 amide bonds. The molecule has 2 aromatic rings. The second-order valence-corrected chi connectivity index (χ2v) is 4.44. The predicted octanol–water partition coefficient (Wildman–Crippen LogP) is 4.16. The lowest BCUT2D eigenvalue weighted by Crippen LogP contribution is -1.98. The van der Waals surface area contributed by atoms with E-state index >= 15 is 0 Å². The summed E-state index contributed by atoms with van der Waals surface area (Å²) in [6.45, 7) is 4.74. The van der Waals surface area contributed by atoms with Crippen molar-refractivity contribution in [2.45, 2.75) is 20.3 Å². The van der Waals surface area contributed by atoms with Crippen molar-refractivity contribution < 1.29 is 9.47 Å². The summed E-state index contributed by atoms with van der Waals surface area (Å²) >= 11 is 0. The molecule has 0 unspecified atom stereocenters. The molecule has 100 valence electrons. The highest BCUT2D eigenvalue weighted by Gasteiger charge is 2.07. The van der Waals surface area contributed by atoms with Gasteiger partial charge >= 0.3 is 0 Å². The number of hydrogen-bond acceptors (Lipinski definition) is 3. The maximum Gasteiger partial charge on any atom is 0.169 e. The van der Waals surface area contributed by atoms with Gasteiger partial charge < -0.3 is 15.2 Å². The van der Waals surface area contributed by atoms with Gasteiger partial charge in [-0.25, -0.2) is 0 Å². The first kappa shape index (κ1) is 13.3. The lowest BCUT2D eigenvalue weighted by Gasteiger charge is -2.13. The summed E-state index contributed by atoms with van der Waals surface area (Å²) in [5.41, 5.74) is 7.69. The van der Waals surface area contributed by atoms with E-state index in [-0.39, 0.29) is 0 Å². The van der Waals surface area contributed by atoms with E-state index in [1.165, 1.54) is 0 Å². The zero-order chi connectivity index (χ0) is 13.7. The molecule has 3 heteroatoms. The fraction of sp³-hybridized carbons (Fsp3) is 0.250. The normalized spacial score (nSPS) is 10.2. The van der Waals surface area contributed by atoms with Crippen LogP contribution in [0.1, 0.15) is 18.9 Å². The van der Waals surface area contributed by atoms with Crippen molar-refractivity contribution in [1.29, 1.82) is 0 Å². The number of anilines is 1. The summed E-state index contributed by atoms with van der Waals surface area (Å²) in [5, 5.41) is 0. The maximum atomic E-state index is 5.95. The standard InChI is InChI=1S/C16H19NO2/c1-3-10-18-15-6-4-5-7-16(15)19-14-9-8-12(2)11-13(14)17/h4-9,11H,3,10,17H2,1-2H3. The Labute approximate surface area is 114 Å². The summed E-state index contributed by atoms with van der Waals surface area (Å²) in [4.78, 5) is 0. The topological polar surface area (TPSA) is 44.5 Å². The fourth-order valence-corrected chi connectivity index (χ4v) is 1.75. The summed E-state index contributed by atoms with van der Waals surface area (Å²) in [5.74, 6) is 2.08. The molecule has 2 rings (SSSR count). The van der Waals surface area contributed by atoms with Crippen molar-refractivity contribution in [2.75, 3.05) is 12.3 Å². The molecule has 0 aliphatic rings. The van der Waals surface area contributed by atoms with Crippen LogP contribution in [0.15, 0.2) is 42.5 Å². The summed E-state index contributed by atoms with van der Waals surface area (Å²) in [6.07, 6.45) is 0.959. The summed E-state index contributed by atoms with van der Waals surface area (Å²) in [7, 11) is 0. The van der Waals surface area contributed by atoms with Crippen LogP contribution in [0.2, 0.25) is 0 Å². The van der Waals surface area contributed by atoms with Crippen LogP contribution in [0.25, 0.3) is 0 Å². The number of hydrogen-bond donors (Lipinski definition) is 1. The molecule has 0 atom stereocenters. The molecule has 0 radical (unpaired) electrons. The number of para-hydroxylation sites is 2. The van der Waals surface area contributed by atoms with Crippen LogP contribution in [0.4, 0.5) is 5.69 Å². The van der Waals surface area contributed by atoms with Crippen LogP contribution in [0.5, 0.6) is 17.2 Å². The Morgan fingerprint density at radius 1 is 1.00 bits per heavy atom. The van der Waals surface area contributed by atoms with Gasteiger partial charge in [-0.2, -0.15) is 0 Å². The highest BCUT2D eigenvalue weighted by atomic mass is 16.5. The molecule has 0 aromatic heterocycles. The van der Waals surface area contributed by atoms with Crippen molar-refractivity contribution in [3.05, 3.63) is 48.0 Å². The van der Waals surface area contributed by atoms with Crippen LogP contribution in [0, 0.1) is 6.92 Å². The number of ether oxygens (including phenoxy) is 2. The molecule has 19 heavy (non-hydrogen) atoms. The zero-order valence-corrected chi connectivity index (χ0v) is 11.3. The molecule has 2 aromatic carbocycles. The molecule has 0 aliphatic heterocycles. The van der Waals surface area contributed by atoms with Gasteiger partial charge in [-0.15, -0.1) is 0 Å². The Morgan fingerprint density at radius 2 is 1.74 bits per heavy atom. The lowest BCUT2D eigenvalue weighted by atomic mass is 10.2. The molecule has 2 N–H and O–H groups in total. The van der Waals surface area contributed by atoms with Gasteiger partial charge in [0, 0.05) is 0 Å². The Kier molecular flexibility index (Phi) is 4.29. The number of benzene rings is 2. The van der Waals surface area contributed by atoms with E-state index in [2.05, 4.69) is 6.92 Å². The average Bonchev–Trinajstić information content (AvgIpc) is 2.41. The van der Waals surface area contributed by atoms with E-state index < -0.39 is 0 Å². The second-order valence-electron chi connectivity index (χ2n) is 4.44. The summed E-state index contributed by atoms with van der Waals surface area (Å²) in [6, 6.07) is 13.4. The van der Waals surface area contributed by atoms with Gasteiger partial charge in [-0.05, 0) is 43.2 Å². The largest absolute Gasteiger partial charge is 0.490 e. The smallest absolute Gasteiger partial charge is 0.169 e. The second kappa shape index (κ2) is 6.14. The number of aryl methyl sites for hydroxylation is 1. The molecule has 3 nitrogen and oxygen atoms in total. The van der Waals surface area contributed by atoms with Crippen molar-refractivity contribution in [3.63, 3.8) is 0 Å². The van der Waals surface area contributed by atoms with Crippen molar-refractivity contribution in [1.82, 2.24) is 0 Å². The quantitative estimate of drug-likeness (QED) is 0.818. The van der Waals surface area contributed by atoms with E-state index in [1.807, 2.05) is 49.4 Å². The van der Waals surface area contributed by atoms with Gasteiger partial charge in [0.25, 0.3) is 0 Å². The Bertz CT molecular complexity index is 552. The number of nitrogens with two attached hydrogens (primary N) is 1. The molecule has 0 aliphatic carbocycles. The van der Waals surface area contributed by atoms with Gasteiger partial charge in [0.05, 0.1) is 12.3 Å². The van der Waals surface area contributed by atoms with Crippen LogP contribution >= 0.6 is 0 Å². The van der Waals surface area contributed by atoms with Crippen molar-refractivity contribution in [3.8, 4) is 17.2 Å². The van der Waals surface area contributed by atoms with E-state index in [0.29, 0.717) is 23.8 Å². The molecule has 0 fully saturated rings. The molecule has 0 spiro atoms. The first-order chi connectivity index (χ1) is 9.20. The molecule has 0 saturated heterocycles. The van der Waals surface area contributed by atoms with Gasteiger partial charge in [-0.3, -0.25) is 0 Å². The minimum atomic E-state index is 0.630. The van der Waals surface area contributed by atoms with Crippen molar-refractivity contribution >= 4 is 5.69 Å². The van der Waals surface area contributed by atoms with Crippen LogP contribution in [-0.2, 0) is 0 Å². The van der Waals surface area contributed by atoms with E-state index in [9.17, 15) is 0 Å². The fourth-order valence-electron chi connectivity index (χ4n) is 1.75. The molecule has 0 saturated carbocycles. The van der Waals surface area contributed by atoms with Gasteiger partial charge in [0.1, 0.15) is 0 Å². The Balaban J connectivity index is 2.22. The third kappa shape index (κ3) is 3.41. The van der Waals surface area contributed by atoms with Gasteiger partial charge in [0.2, 0.25) is 0 Å². The van der Waals surface area contributed by atoms with E-state index in [1.54, 1.807) is 0 Å². The number of rotatable bonds is 5. The zero-order valence-electron chi connectivity index (χ0n) is 11.3. The SMILES string of the molecule is CCCOc1ccccc1Oc1ccc(C)cc1N. The lowest BCUT2D eigenvalue weighted by molar-refractivity contribution is 0.302. The van der Waals surface area contributed by atoms with Gasteiger partial charge in [-0.1, -0.05) is 25.1 Å². The first-order valence-corrected chi connectivity index (χ1v) is 6.46.